The van der Waals surface area contributed by atoms with Gasteiger partial charge >= 0.3 is 0 Å². The van der Waals surface area contributed by atoms with Crippen molar-refractivity contribution < 1.29 is 4.74 Å². The highest BCUT2D eigenvalue weighted by Crippen LogP contribution is 2.31. The van der Waals surface area contributed by atoms with E-state index in [1.807, 2.05) is 54.2 Å². The number of hydrogen-bond donors (Lipinski definition) is 2. The van der Waals surface area contributed by atoms with Gasteiger partial charge in [-0.1, -0.05) is 11.6 Å². The van der Waals surface area contributed by atoms with Gasteiger partial charge in [-0.3, -0.25) is 0 Å². The molecule has 0 aliphatic heterocycles. The summed E-state index contributed by atoms with van der Waals surface area (Å²) in [5.41, 5.74) is 8.36. The maximum absolute atomic E-state index is 6.12. The standard InChI is InChI=1S/C17H17ClN4O/c1-20-16-9-14(3-4-15(16)19)23-17-5-2-13(18)8-12(17)10-22-7-6-21-11-22/h2-9,11,20H,10,19H2,1H3. The Balaban J connectivity index is 1.90. The van der Waals surface area contributed by atoms with Gasteiger partial charge < -0.3 is 20.4 Å². The first-order valence-electron chi connectivity index (χ1n) is 7.15. The Kier molecular flexibility index (Phi) is 4.39. The van der Waals surface area contributed by atoms with E-state index in [4.69, 9.17) is 22.1 Å². The summed E-state index contributed by atoms with van der Waals surface area (Å²) in [6.45, 7) is 0.629. The summed E-state index contributed by atoms with van der Waals surface area (Å²) < 4.78 is 7.98. The van der Waals surface area contributed by atoms with Crippen LogP contribution in [0.25, 0.3) is 0 Å². The normalized spacial score (nSPS) is 10.5. The van der Waals surface area contributed by atoms with Crippen molar-refractivity contribution in [3.63, 3.8) is 0 Å². The van der Waals surface area contributed by atoms with Gasteiger partial charge in [-0.25, -0.2) is 4.98 Å². The molecule has 1 heterocycles. The minimum Gasteiger partial charge on any atom is -0.457 e. The first kappa shape index (κ1) is 15.2. The molecule has 0 saturated heterocycles. The Morgan fingerprint density at radius 3 is 2.87 bits per heavy atom. The molecule has 1 aromatic heterocycles. The van der Waals surface area contributed by atoms with E-state index in [1.54, 1.807) is 12.5 Å². The van der Waals surface area contributed by atoms with Gasteiger partial charge in [0.15, 0.2) is 0 Å². The lowest BCUT2D eigenvalue weighted by atomic mass is 10.2. The molecule has 3 aromatic rings. The molecule has 0 saturated carbocycles. The monoisotopic (exact) mass is 328 g/mol. The highest BCUT2D eigenvalue weighted by molar-refractivity contribution is 6.30. The van der Waals surface area contributed by atoms with E-state index in [1.165, 1.54) is 0 Å². The molecule has 0 spiro atoms. The first-order chi connectivity index (χ1) is 11.2. The van der Waals surface area contributed by atoms with Crippen LogP contribution in [0.5, 0.6) is 11.5 Å². The fourth-order valence-corrected chi connectivity index (χ4v) is 2.49. The van der Waals surface area contributed by atoms with Crippen molar-refractivity contribution in [1.29, 1.82) is 0 Å². The second-order valence-corrected chi connectivity index (χ2v) is 5.52. The Labute approximate surface area is 139 Å². The number of nitrogens with two attached hydrogens (primary N) is 1. The number of anilines is 2. The SMILES string of the molecule is CNc1cc(Oc2ccc(Cl)cc2Cn2ccnc2)ccc1N. The minimum atomic E-state index is 0.629. The zero-order valence-corrected chi connectivity index (χ0v) is 13.4. The fourth-order valence-electron chi connectivity index (χ4n) is 2.29. The zero-order valence-electron chi connectivity index (χ0n) is 12.7. The van der Waals surface area contributed by atoms with Crippen LogP contribution in [-0.2, 0) is 6.54 Å². The molecular formula is C17H17ClN4O. The number of imidazole rings is 1. The molecule has 0 aliphatic rings. The molecule has 5 nitrogen and oxygen atoms in total. The van der Waals surface area contributed by atoms with E-state index in [0.29, 0.717) is 23.0 Å². The predicted octanol–water partition coefficient (Wildman–Crippen LogP) is 4.00. The summed E-state index contributed by atoms with van der Waals surface area (Å²) in [7, 11) is 1.82. The molecule has 0 aliphatic carbocycles. The third kappa shape index (κ3) is 3.57. The van der Waals surface area contributed by atoms with Crippen molar-refractivity contribution in [3.8, 4) is 11.5 Å². The lowest BCUT2D eigenvalue weighted by molar-refractivity contribution is 0.474. The summed E-state index contributed by atoms with van der Waals surface area (Å²) in [5.74, 6) is 1.45. The molecule has 6 heteroatoms. The molecule has 3 rings (SSSR count). The van der Waals surface area contributed by atoms with E-state index in [9.17, 15) is 0 Å². The first-order valence-corrected chi connectivity index (χ1v) is 7.53. The van der Waals surface area contributed by atoms with Crippen molar-refractivity contribution in [2.24, 2.45) is 0 Å². The number of halogens is 1. The summed E-state index contributed by atoms with van der Waals surface area (Å²) in [6, 6.07) is 11.1. The molecule has 0 radical (unpaired) electrons. The average Bonchev–Trinajstić information content (AvgIpc) is 3.04. The fraction of sp³-hybridized carbons (Fsp3) is 0.118. The molecule has 3 N–H and O–H groups in total. The Hall–Kier alpha value is -2.66. The van der Waals surface area contributed by atoms with Crippen molar-refractivity contribution in [3.05, 3.63) is 65.7 Å². The number of hydrogen-bond acceptors (Lipinski definition) is 4. The van der Waals surface area contributed by atoms with Crippen LogP contribution in [-0.4, -0.2) is 16.6 Å². The molecule has 0 atom stereocenters. The van der Waals surface area contributed by atoms with E-state index in [0.717, 1.165) is 17.0 Å². The van der Waals surface area contributed by atoms with Crippen LogP contribution in [0.1, 0.15) is 5.56 Å². The number of nitrogens with one attached hydrogen (secondary N) is 1. The van der Waals surface area contributed by atoms with Crippen molar-refractivity contribution in [1.82, 2.24) is 9.55 Å². The third-order valence-electron chi connectivity index (χ3n) is 3.46. The van der Waals surface area contributed by atoms with E-state index in [-0.39, 0.29) is 0 Å². The van der Waals surface area contributed by atoms with Gasteiger partial charge in [-0.2, -0.15) is 0 Å². The largest absolute Gasteiger partial charge is 0.457 e. The van der Waals surface area contributed by atoms with Gasteiger partial charge in [0.05, 0.1) is 24.2 Å². The van der Waals surface area contributed by atoms with Crippen LogP contribution in [0.15, 0.2) is 55.1 Å². The van der Waals surface area contributed by atoms with Gasteiger partial charge in [0, 0.05) is 36.1 Å². The second-order valence-electron chi connectivity index (χ2n) is 5.09. The van der Waals surface area contributed by atoms with Gasteiger partial charge in [-0.05, 0) is 30.3 Å². The highest BCUT2D eigenvalue weighted by atomic mass is 35.5. The van der Waals surface area contributed by atoms with E-state index in [2.05, 4.69) is 10.3 Å². The van der Waals surface area contributed by atoms with Gasteiger partial charge in [-0.15, -0.1) is 0 Å². The molecule has 23 heavy (non-hydrogen) atoms. The molecule has 2 aromatic carbocycles. The molecule has 0 bridgehead atoms. The quantitative estimate of drug-likeness (QED) is 0.695. The number of nitrogens with zero attached hydrogens (tertiary/aromatic N) is 2. The Bertz CT molecular complexity index is 802. The molecular weight excluding hydrogens is 312 g/mol. The molecule has 0 fully saturated rings. The van der Waals surface area contributed by atoms with Crippen LogP contribution in [0.4, 0.5) is 11.4 Å². The molecule has 0 unspecified atom stereocenters. The van der Waals surface area contributed by atoms with E-state index >= 15 is 0 Å². The third-order valence-corrected chi connectivity index (χ3v) is 3.69. The summed E-state index contributed by atoms with van der Waals surface area (Å²) in [4.78, 5) is 4.05. The van der Waals surface area contributed by atoms with Crippen LogP contribution in [0, 0.1) is 0 Å². The second kappa shape index (κ2) is 6.62. The van der Waals surface area contributed by atoms with Gasteiger partial charge in [0.2, 0.25) is 0 Å². The Morgan fingerprint density at radius 2 is 2.13 bits per heavy atom. The lowest BCUT2D eigenvalue weighted by Gasteiger charge is -2.14. The maximum atomic E-state index is 6.12. The van der Waals surface area contributed by atoms with Crippen molar-refractivity contribution >= 4 is 23.0 Å². The van der Waals surface area contributed by atoms with Crippen LogP contribution in [0.3, 0.4) is 0 Å². The van der Waals surface area contributed by atoms with Crippen LogP contribution in [0.2, 0.25) is 5.02 Å². The van der Waals surface area contributed by atoms with Gasteiger partial charge in [0.1, 0.15) is 11.5 Å². The van der Waals surface area contributed by atoms with Crippen molar-refractivity contribution in [2.75, 3.05) is 18.1 Å². The number of aromatic nitrogens is 2. The summed E-state index contributed by atoms with van der Waals surface area (Å²) >= 11 is 6.12. The van der Waals surface area contributed by atoms with Crippen LogP contribution < -0.4 is 15.8 Å². The summed E-state index contributed by atoms with van der Waals surface area (Å²) in [6.07, 6.45) is 5.39. The van der Waals surface area contributed by atoms with Gasteiger partial charge in [0.25, 0.3) is 0 Å². The lowest BCUT2D eigenvalue weighted by Crippen LogP contribution is -2.00. The summed E-state index contributed by atoms with van der Waals surface area (Å²) in [5, 5.41) is 3.71. The smallest absolute Gasteiger partial charge is 0.132 e. The number of benzene rings is 2. The highest BCUT2D eigenvalue weighted by Gasteiger charge is 2.08. The Morgan fingerprint density at radius 1 is 1.26 bits per heavy atom. The number of rotatable bonds is 5. The average molecular weight is 329 g/mol. The van der Waals surface area contributed by atoms with Crippen LogP contribution >= 0.6 is 11.6 Å². The molecule has 0 amide bonds. The predicted molar refractivity (Wildman–Crippen MR) is 93.3 cm³/mol. The topological polar surface area (TPSA) is 65.1 Å². The maximum Gasteiger partial charge on any atom is 0.132 e. The molecule has 118 valence electrons. The number of ether oxygens (including phenoxy) is 1. The van der Waals surface area contributed by atoms with E-state index < -0.39 is 0 Å². The number of nitrogen functional groups attached to an aromatic ring is 1. The van der Waals surface area contributed by atoms with Crippen molar-refractivity contribution in [2.45, 2.75) is 6.54 Å². The zero-order chi connectivity index (χ0) is 16.2. The minimum absolute atomic E-state index is 0.629.